The summed E-state index contributed by atoms with van der Waals surface area (Å²) in [5.74, 6) is -0.502. The van der Waals surface area contributed by atoms with Crippen LogP contribution in [-0.2, 0) is 0 Å². The lowest BCUT2D eigenvalue weighted by atomic mass is 10.0. The van der Waals surface area contributed by atoms with E-state index in [1.54, 1.807) is 24.3 Å². The van der Waals surface area contributed by atoms with Crippen LogP contribution in [0.25, 0.3) is 0 Å². The van der Waals surface area contributed by atoms with E-state index >= 15 is 0 Å². The van der Waals surface area contributed by atoms with E-state index in [0.717, 1.165) is 0 Å². The van der Waals surface area contributed by atoms with Crippen molar-refractivity contribution < 1.29 is 8.78 Å². The van der Waals surface area contributed by atoms with Gasteiger partial charge in [0.25, 0.3) is 0 Å². The normalized spacial score (nSPS) is 20.5. The number of benzene rings is 2. The van der Waals surface area contributed by atoms with Gasteiger partial charge in [0.2, 0.25) is 0 Å². The molecule has 1 aliphatic heterocycles. The molecule has 2 aromatic carbocycles. The van der Waals surface area contributed by atoms with Gasteiger partial charge in [-0.05, 0) is 45.0 Å². The maximum Gasteiger partial charge on any atom is 0.146 e. The summed E-state index contributed by atoms with van der Waals surface area (Å²) >= 11 is 0. The summed E-state index contributed by atoms with van der Waals surface area (Å²) < 4.78 is 28.4. The minimum Gasteiger partial charge on any atom is -0.347 e. The van der Waals surface area contributed by atoms with Crippen LogP contribution in [0.1, 0.15) is 20.8 Å². The summed E-state index contributed by atoms with van der Waals surface area (Å²) in [6.07, 6.45) is -0.135. The van der Waals surface area contributed by atoms with Crippen molar-refractivity contribution in [2.75, 3.05) is 16.3 Å². The Balaban J connectivity index is 2.03. The Bertz CT molecular complexity index is 684. The number of para-hydroxylation sites is 2. The fraction of sp³-hybridized carbons (Fsp3) is 0.333. The first-order valence-electron chi connectivity index (χ1n) is 7.47. The number of hydrogen-bond donors (Lipinski definition) is 0. The summed E-state index contributed by atoms with van der Waals surface area (Å²) in [6, 6.07) is 13.5. The van der Waals surface area contributed by atoms with Crippen molar-refractivity contribution in [2.45, 2.75) is 32.5 Å². The molecule has 1 fully saturated rings. The maximum absolute atomic E-state index is 14.2. The molecule has 116 valence electrons. The average molecular weight is 302 g/mol. The molecule has 0 aromatic heterocycles. The van der Waals surface area contributed by atoms with Crippen molar-refractivity contribution in [1.82, 2.24) is 0 Å². The number of hydrogen-bond acceptors (Lipinski definition) is 2. The average Bonchev–Trinajstić information content (AvgIpc) is 2.70. The van der Waals surface area contributed by atoms with Gasteiger partial charge in [0.15, 0.2) is 0 Å². The van der Waals surface area contributed by atoms with Gasteiger partial charge >= 0.3 is 0 Å². The van der Waals surface area contributed by atoms with Gasteiger partial charge in [-0.15, -0.1) is 0 Å². The van der Waals surface area contributed by atoms with Gasteiger partial charge in [-0.2, -0.15) is 0 Å². The third-order valence-electron chi connectivity index (χ3n) is 4.31. The molecule has 4 heteroatoms. The summed E-state index contributed by atoms with van der Waals surface area (Å²) in [7, 11) is 0. The van der Waals surface area contributed by atoms with E-state index in [1.165, 1.54) is 12.1 Å². The maximum atomic E-state index is 14.2. The van der Waals surface area contributed by atoms with E-state index in [-0.39, 0.29) is 23.3 Å². The fourth-order valence-corrected chi connectivity index (χ4v) is 3.42. The van der Waals surface area contributed by atoms with Crippen molar-refractivity contribution in [3.63, 3.8) is 0 Å². The molecule has 0 radical (unpaired) electrons. The van der Waals surface area contributed by atoms with Crippen LogP contribution < -0.4 is 9.80 Å². The zero-order chi connectivity index (χ0) is 15.9. The van der Waals surface area contributed by atoms with Crippen molar-refractivity contribution in [3.8, 4) is 0 Å². The van der Waals surface area contributed by atoms with Crippen molar-refractivity contribution >= 4 is 11.4 Å². The molecule has 1 heterocycles. The van der Waals surface area contributed by atoms with E-state index in [2.05, 4.69) is 13.8 Å². The van der Waals surface area contributed by atoms with E-state index in [1.807, 2.05) is 28.9 Å². The quantitative estimate of drug-likeness (QED) is 0.810. The van der Waals surface area contributed by atoms with E-state index in [0.29, 0.717) is 17.9 Å². The molecule has 0 unspecified atom stereocenters. The monoisotopic (exact) mass is 302 g/mol. The molecule has 22 heavy (non-hydrogen) atoms. The van der Waals surface area contributed by atoms with Crippen LogP contribution in [0.5, 0.6) is 0 Å². The van der Waals surface area contributed by atoms with E-state index < -0.39 is 0 Å². The van der Waals surface area contributed by atoms with Crippen LogP contribution in [0.4, 0.5) is 20.2 Å². The zero-order valence-corrected chi connectivity index (χ0v) is 13.1. The second-order valence-corrected chi connectivity index (χ2v) is 6.35. The van der Waals surface area contributed by atoms with Crippen LogP contribution in [0.15, 0.2) is 48.5 Å². The van der Waals surface area contributed by atoms with Crippen LogP contribution in [0.3, 0.4) is 0 Å². The molecule has 0 N–H and O–H groups in total. The predicted octanol–water partition coefficient (Wildman–Crippen LogP) is 4.42. The van der Waals surface area contributed by atoms with Gasteiger partial charge in [-0.3, -0.25) is 0 Å². The minimum atomic E-state index is -0.302. The van der Waals surface area contributed by atoms with E-state index in [4.69, 9.17) is 0 Å². The number of halogens is 2. The Morgan fingerprint density at radius 1 is 0.909 bits per heavy atom. The molecular formula is C18H20F2N2. The Morgan fingerprint density at radius 3 is 1.95 bits per heavy atom. The number of anilines is 2. The molecule has 2 nitrogen and oxygen atoms in total. The Kier molecular flexibility index (Phi) is 3.55. The van der Waals surface area contributed by atoms with Gasteiger partial charge in [0.05, 0.1) is 23.1 Å². The Labute approximate surface area is 130 Å². The lowest BCUT2D eigenvalue weighted by molar-refractivity contribution is 0.516. The summed E-state index contributed by atoms with van der Waals surface area (Å²) in [5, 5.41) is 0. The van der Waals surface area contributed by atoms with Gasteiger partial charge in [-0.1, -0.05) is 24.3 Å². The van der Waals surface area contributed by atoms with Crippen LogP contribution >= 0.6 is 0 Å². The summed E-state index contributed by atoms with van der Waals surface area (Å²) in [6.45, 7) is 6.71. The highest BCUT2D eigenvalue weighted by Gasteiger charge is 2.44. The van der Waals surface area contributed by atoms with Gasteiger partial charge in [0.1, 0.15) is 11.6 Å². The van der Waals surface area contributed by atoms with Crippen LogP contribution in [0.2, 0.25) is 0 Å². The molecule has 1 saturated heterocycles. The molecule has 0 saturated carbocycles. The van der Waals surface area contributed by atoms with Crippen molar-refractivity contribution in [3.05, 3.63) is 60.2 Å². The molecule has 1 aliphatic rings. The number of nitrogens with zero attached hydrogens (tertiary/aromatic N) is 2. The highest BCUT2D eigenvalue weighted by molar-refractivity contribution is 5.60. The highest BCUT2D eigenvalue weighted by atomic mass is 19.1. The minimum absolute atomic E-state index is 0.135. The molecule has 0 aliphatic carbocycles. The molecule has 2 aromatic rings. The standard InChI is InChI=1S/C18H20F2N2/c1-13-21(16-10-6-4-8-14(16)19)12-18(2,3)22(13)17-11-7-5-9-15(17)20/h4-11,13H,12H2,1-3H3/t13-/m0/s1. The molecule has 0 amide bonds. The van der Waals surface area contributed by atoms with Crippen LogP contribution in [0, 0.1) is 11.6 Å². The molecule has 0 bridgehead atoms. The second-order valence-electron chi connectivity index (χ2n) is 6.35. The largest absolute Gasteiger partial charge is 0.347 e. The SMILES string of the molecule is C[C@H]1N(c2ccccc2F)CC(C)(C)N1c1ccccc1F. The first-order chi connectivity index (χ1) is 10.4. The zero-order valence-electron chi connectivity index (χ0n) is 13.1. The topological polar surface area (TPSA) is 6.48 Å². The Morgan fingerprint density at radius 2 is 1.41 bits per heavy atom. The smallest absolute Gasteiger partial charge is 0.146 e. The lowest BCUT2D eigenvalue weighted by Gasteiger charge is -2.36. The Hall–Kier alpha value is -2.10. The van der Waals surface area contributed by atoms with Crippen molar-refractivity contribution in [1.29, 1.82) is 0 Å². The first-order valence-corrected chi connectivity index (χ1v) is 7.47. The highest BCUT2D eigenvalue weighted by Crippen LogP contribution is 2.39. The van der Waals surface area contributed by atoms with E-state index in [9.17, 15) is 8.78 Å². The molecule has 1 atom stereocenters. The van der Waals surface area contributed by atoms with Crippen molar-refractivity contribution in [2.24, 2.45) is 0 Å². The molecular weight excluding hydrogens is 282 g/mol. The summed E-state index contributed by atoms with van der Waals surface area (Å²) in [4.78, 5) is 4.01. The van der Waals surface area contributed by atoms with Gasteiger partial charge in [0, 0.05) is 6.54 Å². The van der Waals surface area contributed by atoms with Gasteiger partial charge in [-0.25, -0.2) is 8.78 Å². The van der Waals surface area contributed by atoms with Crippen LogP contribution in [-0.4, -0.2) is 18.2 Å². The fourth-order valence-electron chi connectivity index (χ4n) is 3.42. The first kappa shape index (κ1) is 14.8. The summed E-state index contributed by atoms with van der Waals surface area (Å²) in [5.41, 5.74) is 0.810. The lowest BCUT2D eigenvalue weighted by Crippen LogP contribution is -2.44. The third-order valence-corrected chi connectivity index (χ3v) is 4.31. The molecule has 3 rings (SSSR count). The molecule has 0 spiro atoms. The third kappa shape index (κ3) is 2.32. The second kappa shape index (κ2) is 5.27. The number of rotatable bonds is 2. The van der Waals surface area contributed by atoms with Gasteiger partial charge < -0.3 is 9.80 Å². The predicted molar refractivity (Wildman–Crippen MR) is 86.2 cm³/mol.